The fourth-order valence-corrected chi connectivity index (χ4v) is 1.32. The van der Waals surface area contributed by atoms with E-state index >= 15 is 0 Å². The number of nitrogens with one attached hydrogen (secondary N) is 2. The van der Waals surface area contributed by atoms with E-state index in [1.807, 2.05) is 0 Å². The van der Waals surface area contributed by atoms with Crippen LogP contribution in [0.25, 0.3) is 11.4 Å². The molecule has 0 unspecified atom stereocenters. The number of nitro groups is 1. The highest BCUT2D eigenvalue weighted by Crippen LogP contribution is 2.28. The minimum absolute atomic E-state index is 0.0233. The molecular formula is C8H8N6O2. The predicted molar refractivity (Wildman–Crippen MR) is 55.8 cm³/mol. The Morgan fingerprint density at radius 3 is 2.88 bits per heavy atom. The van der Waals surface area contributed by atoms with E-state index in [4.69, 9.17) is 0 Å². The van der Waals surface area contributed by atoms with E-state index in [1.165, 1.54) is 6.07 Å². The molecule has 0 radical (unpaired) electrons. The van der Waals surface area contributed by atoms with Crippen LogP contribution in [0.2, 0.25) is 0 Å². The Bertz CT molecular complexity index is 509. The van der Waals surface area contributed by atoms with E-state index in [0.29, 0.717) is 17.1 Å². The highest BCUT2D eigenvalue weighted by Gasteiger charge is 2.15. The second-order valence-electron chi connectivity index (χ2n) is 2.97. The van der Waals surface area contributed by atoms with Gasteiger partial charge in [-0.05, 0) is 17.3 Å². The number of hydrogen-bond donors (Lipinski definition) is 2. The van der Waals surface area contributed by atoms with Crippen LogP contribution in [0.4, 0.5) is 11.4 Å². The van der Waals surface area contributed by atoms with Crippen molar-refractivity contribution >= 4 is 11.4 Å². The van der Waals surface area contributed by atoms with Crippen LogP contribution in [0, 0.1) is 10.1 Å². The molecule has 1 heterocycles. The second-order valence-corrected chi connectivity index (χ2v) is 2.97. The van der Waals surface area contributed by atoms with Gasteiger partial charge >= 0.3 is 0 Å². The molecule has 0 bridgehead atoms. The largest absolute Gasteiger partial charge is 0.383 e. The summed E-state index contributed by atoms with van der Waals surface area (Å²) in [6.45, 7) is 0. The first-order valence-corrected chi connectivity index (χ1v) is 4.42. The van der Waals surface area contributed by atoms with Gasteiger partial charge in [0, 0.05) is 18.7 Å². The Kier molecular flexibility index (Phi) is 2.46. The molecule has 0 spiro atoms. The van der Waals surface area contributed by atoms with E-state index in [2.05, 4.69) is 25.9 Å². The minimum Gasteiger partial charge on any atom is -0.383 e. The fraction of sp³-hybridized carbons (Fsp3) is 0.125. The normalized spacial score (nSPS) is 10.1. The van der Waals surface area contributed by atoms with Gasteiger partial charge in [0.25, 0.3) is 5.69 Å². The Morgan fingerprint density at radius 2 is 2.31 bits per heavy atom. The summed E-state index contributed by atoms with van der Waals surface area (Å²) in [5, 5.41) is 26.7. The number of nitro benzene ring substituents is 1. The van der Waals surface area contributed by atoms with Gasteiger partial charge in [-0.1, -0.05) is 0 Å². The monoisotopic (exact) mass is 220 g/mol. The van der Waals surface area contributed by atoms with Crippen LogP contribution in [-0.2, 0) is 0 Å². The molecule has 16 heavy (non-hydrogen) atoms. The van der Waals surface area contributed by atoms with Crippen LogP contribution >= 0.6 is 0 Å². The van der Waals surface area contributed by atoms with Crippen molar-refractivity contribution in [1.29, 1.82) is 0 Å². The lowest BCUT2D eigenvalue weighted by atomic mass is 10.1. The zero-order valence-corrected chi connectivity index (χ0v) is 8.34. The average Bonchev–Trinajstić information content (AvgIpc) is 2.81. The Balaban J connectivity index is 2.51. The second kappa shape index (κ2) is 3.93. The van der Waals surface area contributed by atoms with Crippen LogP contribution in [0.15, 0.2) is 18.2 Å². The number of H-pyrrole nitrogens is 1. The summed E-state index contributed by atoms with van der Waals surface area (Å²) < 4.78 is 0. The third-order valence-electron chi connectivity index (χ3n) is 2.07. The molecule has 0 atom stereocenters. The SMILES string of the molecule is CNc1ccc(-c2nn[nH]n2)cc1[N+](=O)[O-]. The summed E-state index contributed by atoms with van der Waals surface area (Å²) in [6, 6.07) is 4.68. The molecule has 0 saturated heterocycles. The average molecular weight is 220 g/mol. The van der Waals surface area contributed by atoms with Crippen LogP contribution in [0.3, 0.4) is 0 Å². The third-order valence-corrected chi connectivity index (χ3v) is 2.07. The lowest BCUT2D eigenvalue weighted by molar-refractivity contribution is -0.383. The third kappa shape index (κ3) is 1.67. The van der Waals surface area contributed by atoms with E-state index in [9.17, 15) is 10.1 Å². The standard InChI is InChI=1S/C8H8N6O2/c1-9-6-3-2-5(4-7(6)14(15)16)8-10-12-13-11-8/h2-4,9H,1H3,(H,10,11,12,13). The summed E-state index contributed by atoms with van der Waals surface area (Å²) >= 11 is 0. The molecule has 82 valence electrons. The van der Waals surface area contributed by atoms with Crippen molar-refractivity contribution in [2.75, 3.05) is 12.4 Å². The van der Waals surface area contributed by atoms with Gasteiger partial charge in [-0.25, -0.2) is 0 Å². The zero-order chi connectivity index (χ0) is 11.5. The summed E-state index contributed by atoms with van der Waals surface area (Å²) in [4.78, 5) is 10.3. The van der Waals surface area contributed by atoms with E-state index in [0.717, 1.165) is 0 Å². The minimum atomic E-state index is -0.463. The molecule has 1 aromatic heterocycles. The number of hydrogen-bond acceptors (Lipinski definition) is 6. The number of tetrazole rings is 1. The molecular weight excluding hydrogens is 212 g/mol. The zero-order valence-electron chi connectivity index (χ0n) is 8.34. The van der Waals surface area contributed by atoms with Crippen molar-refractivity contribution in [2.45, 2.75) is 0 Å². The summed E-state index contributed by atoms with van der Waals surface area (Å²) in [5.74, 6) is 0.325. The first-order valence-electron chi connectivity index (χ1n) is 4.42. The van der Waals surface area contributed by atoms with E-state index < -0.39 is 4.92 Å². The molecule has 0 aliphatic rings. The topological polar surface area (TPSA) is 110 Å². The van der Waals surface area contributed by atoms with Gasteiger partial charge in [0.05, 0.1) is 4.92 Å². The summed E-state index contributed by atoms with van der Waals surface area (Å²) in [5.41, 5.74) is 0.960. The van der Waals surface area contributed by atoms with Crippen LogP contribution in [-0.4, -0.2) is 32.6 Å². The van der Waals surface area contributed by atoms with Crippen molar-refractivity contribution in [3.63, 3.8) is 0 Å². The number of nitrogens with zero attached hydrogens (tertiary/aromatic N) is 4. The van der Waals surface area contributed by atoms with E-state index in [1.54, 1.807) is 19.2 Å². The number of anilines is 1. The molecule has 0 saturated carbocycles. The molecule has 0 fully saturated rings. The van der Waals surface area contributed by atoms with Crippen LogP contribution < -0.4 is 5.32 Å². The highest BCUT2D eigenvalue weighted by atomic mass is 16.6. The van der Waals surface area contributed by atoms with Crippen LogP contribution in [0.5, 0.6) is 0 Å². The molecule has 8 nitrogen and oxygen atoms in total. The van der Waals surface area contributed by atoms with Gasteiger partial charge in [-0.15, -0.1) is 10.2 Å². The predicted octanol–water partition coefficient (Wildman–Crippen LogP) is 0.817. The van der Waals surface area contributed by atoms with Crippen molar-refractivity contribution < 1.29 is 4.92 Å². The summed E-state index contributed by atoms with van der Waals surface area (Å²) in [6.07, 6.45) is 0. The van der Waals surface area contributed by atoms with Crippen LogP contribution in [0.1, 0.15) is 0 Å². The molecule has 8 heteroatoms. The van der Waals surface area contributed by atoms with Gasteiger partial charge in [0.2, 0.25) is 5.82 Å². The van der Waals surface area contributed by atoms with Gasteiger partial charge in [-0.2, -0.15) is 5.21 Å². The Labute approximate surface area is 89.8 Å². The van der Waals surface area contributed by atoms with Gasteiger partial charge in [0.15, 0.2) is 0 Å². The Morgan fingerprint density at radius 1 is 1.50 bits per heavy atom. The maximum absolute atomic E-state index is 10.8. The number of aromatic amines is 1. The quantitative estimate of drug-likeness (QED) is 0.585. The maximum atomic E-state index is 10.8. The number of benzene rings is 1. The molecule has 2 rings (SSSR count). The first kappa shape index (κ1) is 10.0. The molecule has 0 amide bonds. The smallest absolute Gasteiger partial charge is 0.293 e. The fourth-order valence-electron chi connectivity index (χ4n) is 1.32. The van der Waals surface area contributed by atoms with Gasteiger partial charge in [0.1, 0.15) is 5.69 Å². The van der Waals surface area contributed by atoms with Crippen molar-refractivity contribution in [1.82, 2.24) is 20.6 Å². The Hall–Kier alpha value is -2.51. The molecule has 2 aromatic rings. The molecule has 0 aliphatic heterocycles. The maximum Gasteiger partial charge on any atom is 0.293 e. The number of aromatic nitrogens is 4. The van der Waals surface area contributed by atoms with Crippen molar-refractivity contribution in [3.8, 4) is 11.4 Å². The lowest BCUT2D eigenvalue weighted by Gasteiger charge is -2.02. The first-order chi connectivity index (χ1) is 7.72. The van der Waals surface area contributed by atoms with Crippen molar-refractivity contribution in [3.05, 3.63) is 28.3 Å². The van der Waals surface area contributed by atoms with Crippen molar-refractivity contribution in [2.24, 2.45) is 0 Å². The highest BCUT2D eigenvalue weighted by molar-refractivity contribution is 5.69. The number of rotatable bonds is 3. The van der Waals surface area contributed by atoms with Gasteiger partial charge in [-0.3, -0.25) is 10.1 Å². The molecule has 1 aromatic carbocycles. The molecule has 2 N–H and O–H groups in total. The summed E-state index contributed by atoms with van der Waals surface area (Å²) in [7, 11) is 1.62. The molecule has 0 aliphatic carbocycles. The van der Waals surface area contributed by atoms with Gasteiger partial charge < -0.3 is 5.32 Å². The lowest BCUT2D eigenvalue weighted by Crippen LogP contribution is -1.97. The van der Waals surface area contributed by atoms with E-state index in [-0.39, 0.29) is 5.69 Å².